The number of hydrogen-bond acceptors (Lipinski definition) is 4. The van der Waals surface area contributed by atoms with Crippen molar-refractivity contribution in [1.82, 2.24) is 0 Å². The van der Waals surface area contributed by atoms with Crippen molar-refractivity contribution in [2.75, 3.05) is 11.9 Å². The van der Waals surface area contributed by atoms with Gasteiger partial charge in [0.2, 0.25) is 5.91 Å². The van der Waals surface area contributed by atoms with E-state index in [2.05, 4.69) is 5.32 Å². The minimum atomic E-state index is -4.20. The predicted octanol–water partition coefficient (Wildman–Crippen LogP) is 2.84. The lowest BCUT2D eigenvalue weighted by atomic mass is 10.1. The molecule has 0 saturated heterocycles. The van der Waals surface area contributed by atoms with Crippen molar-refractivity contribution in [2.24, 2.45) is 5.73 Å². The van der Waals surface area contributed by atoms with Crippen LogP contribution in [0.5, 0.6) is 0 Å². The Bertz CT molecular complexity index is 532. The summed E-state index contributed by atoms with van der Waals surface area (Å²) < 4.78 is 35.8. The lowest BCUT2D eigenvalue weighted by Gasteiger charge is -2.09. The van der Waals surface area contributed by atoms with Gasteiger partial charge in [-0.05, 0) is 25.0 Å². The van der Waals surface area contributed by atoms with Gasteiger partial charge in [-0.25, -0.2) is 0 Å². The Hall–Kier alpha value is -2.32. The summed E-state index contributed by atoms with van der Waals surface area (Å²) >= 11 is 0. The normalized spacial score (nSPS) is 11.2. The quantitative estimate of drug-likeness (QED) is 0.459. The number of anilines is 1. The Morgan fingerprint density at radius 2 is 2.00 bits per heavy atom. The number of nitrogens with one attached hydrogen (secondary N) is 1. The van der Waals surface area contributed by atoms with Crippen LogP contribution in [-0.2, 0) is 0 Å². The zero-order valence-electron chi connectivity index (χ0n) is 10.9. The summed E-state index contributed by atoms with van der Waals surface area (Å²) in [6.45, 7) is 0.160. The zero-order chi connectivity index (χ0) is 16.0. The van der Waals surface area contributed by atoms with E-state index in [-0.39, 0.29) is 36.3 Å². The van der Waals surface area contributed by atoms with E-state index in [1.165, 1.54) is 12.1 Å². The third-order valence-electron chi connectivity index (χ3n) is 2.68. The summed E-state index contributed by atoms with van der Waals surface area (Å²) in [5.74, 6) is -0.796. The lowest BCUT2D eigenvalue weighted by molar-refractivity contribution is -0.384. The Kier molecular flexibility index (Phi) is 5.51. The molecule has 1 amide bonds. The highest BCUT2D eigenvalue weighted by Gasteiger charge is 2.25. The van der Waals surface area contributed by atoms with Gasteiger partial charge in [0.25, 0.3) is 5.69 Å². The molecular weight excluding hydrogens is 291 g/mol. The predicted molar refractivity (Wildman–Crippen MR) is 70.0 cm³/mol. The van der Waals surface area contributed by atoms with Crippen molar-refractivity contribution in [3.05, 3.63) is 33.9 Å². The number of amides is 1. The molecule has 1 aromatic carbocycles. The van der Waals surface area contributed by atoms with E-state index >= 15 is 0 Å². The smallest absolute Gasteiger partial charge is 0.379 e. The second kappa shape index (κ2) is 6.91. The van der Waals surface area contributed by atoms with E-state index in [4.69, 9.17) is 5.73 Å². The Labute approximate surface area is 118 Å². The zero-order valence-corrected chi connectivity index (χ0v) is 10.9. The molecular formula is C12H14F3N3O3. The Balaban J connectivity index is 2.62. The summed E-state index contributed by atoms with van der Waals surface area (Å²) in [6, 6.07) is 3.65. The molecule has 0 aliphatic rings. The van der Waals surface area contributed by atoms with Gasteiger partial charge < -0.3 is 11.1 Å². The molecule has 3 N–H and O–H groups in total. The van der Waals surface area contributed by atoms with Crippen molar-refractivity contribution in [1.29, 1.82) is 0 Å². The van der Waals surface area contributed by atoms with Crippen LogP contribution in [0, 0.1) is 10.1 Å². The Morgan fingerprint density at radius 1 is 1.33 bits per heavy atom. The summed E-state index contributed by atoms with van der Waals surface area (Å²) in [5, 5.41) is 13.6. The van der Waals surface area contributed by atoms with Gasteiger partial charge in [0.1, 0.15) is 5.69 Å². The maximum atomic E-state index is 11.9. The molecule has 0 radical (unpaired) electrons. The van der Waals surface area contributed by atoms with Gasteiger partial charge in [-0.15, -0.1) is 0 Å². The van der Waals surface area contributed by atoms with Gasteiger partial charge >= 0.3 is 6.18 Å². The Morgan fingerprint density at radius 3 is 2.52 bits per heavy atom. The van der Waals surface area contributed by atoms with Crippen molar-refractivity contribution in [3.8, 4) is 0 Å². The number of nitro groups is 1. The summed E-state index contributed by atoms with van der Waals surface area (Å²) in [5.41, 5.74) is 4.81. The first-order valence-corrected chi connectivity index (χ1v) is 6.09. The average Bonchev–Trinajstić information content (AvgIpc) is 2.36. The summed E-state index contributed by atoms with van der Waals surface area (Å²) in [7, 11) is 0. The second-order valence-electron chi connectivity index (χ2n) is 4.35. The molecule has 1 aromatic rings. The molecule has 0 unspecified atom stereocenters. The van der Waals surface area contributed by atoms with Gasteiger partial charge in [0.15, 0.2) is 0 Å². The van der Waals surface area contributed by atoms with Crippen LogP contribution in [0.1, 0.15) is 29.6 Å². The summed E-state index contributed by atoms with van der Waals surface area (Å²) in [6.07, 6.45) is -4.94. The molecule has 0 bridgehead atoms. The fraction of sp³-hybridized carbons (Fsp3) is 0.417. The highest BCUT2D eigenvalue weighted by molar-refractivity contribution is 5.94. The summed E-state index contributed by atoms with van der Waals surface area (Å²) in [4.78, 5) is 21.1. The van der Waals surface area contributed by atoms with Crippen LogP contribution in [0.15, 0.2) is 18.2 Å². The van der Waals surface area contributed by atoms with Gasteiger partial charge in [0, 0.05) is 24.6 Å². The molecule has 0 aliphatic heterocycles. The molecule has 21 heavy (non-hydrogen) atoms. The van der Waals surface area contributed by atoms with E-state index in [9.17, 15) is 28.1 Å². The highest BCUT2D eigenvalue weighted by Crippen LogP contribution is 2.26. The maximum absolute atomic E-state index is 11.9. The minimum absolute atomic E-state index is 0.00989. The molecule has 1 rings (SSSR count). The molecule has 9 heteroatoms. The van der Waals surface area contributed by atoms with E-state index in [0.29, 0.717) is 0 Å². The standard InChI is InChI=1S/C12H14F3N3O3/c13-12(14,15)5-1-2-6-17-9-4-3-8(11(16)19)7-10(9)18(20)21/h3-4,7,17H,1-2,5-6H2,(H2,16,19). The number of nitrogens with two attached hydrogens (primary N) is 1. The molecule has 0 spiro atoms. The van der Waals surface area contributed by atoms with E-state index < -0.39 is 23.4 Å². The second-order valence-corrected chi connectivity index (χ2v) is 4.35. The number of unbranched alkanes of at least 4 members (excludes halogenated alkanes) is 1. The van der Waals surface area contributed by atoms with Gasteiger partial charge in [-0.3, -0.25) is 14.9 Å². The molecule has 0 atom stereocenters. The van der Waals surface area contributed by atoms with Crippen LogP contribution in [0.2, 0.25) is 0 Å². The number of benzene rings is 1. The number of alkyl halides is 3. The van der Waals surface area contributed by atoms with Crippen molar-refractivity contribution >= 4 is 17.3 Å². The van der Waals surface area contributed by atoms with E-state index in [1.807, 2.05) is 0 Å². The monoisotopic (exact) mass is 305 g/mol. The molecule has 0 saturated carbocycles. The van der Waals surface area contributed by atoms with Crippen LogP contribution in [-0.4, -0.2) is 23.6 Å². The first-order chi connectivity index (χ1) is 9.70. The number of rotatable bonds is 7. The van der Waals surface area contributed by atoms with Crippen molar-refractivity contribution < 1.29 is 22.9 Å². The molecule has 0 fully saturated rings. The molecule has 0 aliphatic carbocycles. The fourth-order valence-electron chi connectivity index (χ4n) is 1.66. The van der Waals surface area contributed by atoms with Crippen LogP contribution < -0.4 is 11.1 Å². The van der Waals surface area contributed by atoms with E-state index in [1.54, 1.807) is 0 Å². The number of carbonyl (C=O) groups is 1. The molecule has 0 heterocycles. The van der Waals surface area contributed by atoms with Crippen molar-refractivity contribution in [3.63, 3.8) is 0 Å². The van der Waals surface area contributed by atoms with Crippen molar-refractivity contribution in [2.45, 2.75) is 25.4 Å². The van der Waals surface area contributed by atoms with Crippen LogP contribution >= 0.6 is 0 Å². The van der Waals surface area contributed by atoms with Crippen LogP contribution in [0.25, 0.3) is 0 Å². The fourth-order valence-corrected chi connectivity index (χ4v) is 1.66. The number of carbonyl (C=O) groups excluding carboxylic acids is 1. The first-order valence-electron chi connectivity index (χ1n) is 6.09. The third-order valence-corrected chi connectivity index (χ3v) is 2.68. The third kappa shape index (κ3) is 5.67. The first kappa shape index (κ1) is 16.7. The number of nitro benzene ring substituents is 1. The largest absolute Gasteiger partial charge is 0.389 e. The molecule has 0 aromatic heterocycles. The number of hydrogen-bond donors (Lipinski definition) is 2. The number of primary amides is 1. The van der Waals surface area contributed by atoms with Crippen LogP contribution in [0.3, 0.4) is 0 Å². The average molecular weight is 305 g/mol. The van der Waals surface area contributed by atoms with Gasteiger partial charge in [-0.1, -0.05) is 0 Å². The topological polar surface area (TPSA) is 98.3 Å². The number of nitrogens with zero attached hydrogens (tertiary/aromatic N) is 1. The van der Waals surface area contributed by atoms with Gasteiger partial charge in [0.05, 0.1) is 4.92 Å². The molecule has 116 valence electrons. The molecule has 6 nitrogen and oxygen atoms in total. The SMILES string of the molecule is NC(=O)c1ccc(NCCCCC(F)(F)F)c([N+](=O)[O-])c1. The number of halogens is 3. The van der Waals surface area contributed by atoms with Crippen LogP contribution in [0.4, 0.5) is 24.5 Å². The maximum Gasteiger partial charge on any atom is 0.389 e. The lowest BCUT2D eigenvalue weighted by Crippen LogP contribution is -2.12. The minimum Gasteiger partial charge on any atom is -0.379 e. The van der Waals surface area contributed by atoms with Gasteiger partial charge in [-0.2, -0.15) is 13.2 Å². The van der Waals surface area contributed by atoms with E-state index in [0.717, 1.165) is 6.07 Å². The highest BCUT2D eigenvalue weighted by atomic mass is 19.4.